The number of aromatic nitrogens is 1. The lowest BCUT2D eigenvalue weighted by atomic mass is 10.0. The molecule has 0 spiro atoms. The maximum absolute atomic E-state index is 12.3. The highest BCUT2D eigenvalue weighted by Crippen LogP contribution is 2.15. The van der Waals surface area contributed by atoms with Crippen molar-refractivity contribution in [3.05, 3.63) is 23.0 Å². The van der Waals surface area contributed by atoms with Crippen LogP contribution in [0.5, 0.6) is 0 Å². The largest absolute Gasteiger partial charge is 0.480 e. The SMILES string of the molecule is CCn1c(C)cc(C(=O)N[C@H](CC(C)C)C(=O)O)c1C. The normalized spacial score (nSPS) is 12.5. The van der Waals surface area contributed by atoms with Gasteiger partial charge in [-0.05, 0) is 39.2 Å². The third kappa shape index (κ3) is 3.62. The molecule has 1 atom stereocenters. The average molecular weight is 280 g/mol. The zero-order chi connectivity index (χ0) is 15.4. The molecule has 0 radical (unpaired) electrons. The van der Waals surface area contributed by atoms with E-state index in [-0.39, 0.29) is 11.8 Å². The van der Waals surface area contributed by atoms with E-state index in [1.807, 2.05) is 45.3 Å². The fraction of sp³-hybridized carbons (Fsp3) is 0.600. The minimum Gasteiger partial charge on any atom is -0.480 e. The Kier molecular flexibility index (Phi) is 5.36. The van der Waals surface area contributed by atoms with Crippen LogP contribution in [0, 0.1) is 19.8 Å². The predicted molar refractivity (Wildman–Crippen MR) is 77.9 cm³/mol. The molecule has 0 aromatic carbocycles. The molecule has 1 aromatic heterocycles. The fourth-order valence-corrected chi connectivity index (χ4v) is 2.45. The second-order valence-corrected chi connectivity index (χ2v) is 5.52. The molecule has 2 N–H and O–H groups in total. The van der Waals surface area contributed by atoms with Gasteiger partial charge in [0, 0.05) is 17.9 Å². The summed E-state index contributed by atoms with van der Waals surface area (Å²) in [6.45, 7) is 10.5. The molecule has 0 aliphatic heterocycles. The van der Waals surface area contributed by atoms with E-state index in [0.717, 1.165) is 17.9 Å². The van der Waals surface area contributed by atoms with Crippen LogP contribution in [0.4, 0.5) is 0 Å². The Bertz CT molecular complexity index is 503. The average Bonchev–Trinajstić information content (AvgIpc) is 2.62. The monoisotopic (exact) mass is 280 g/mol. The number of aliphatic carboxylic acids is 1. The lowest BCUT2D eigenvalue weighted by molar-refractivity contribution is -0.139. The molecule has 0 aliphatic carbocycles. The highest BCUT2D eigenvalue weighted by atomic mass is 16.4. The molecule has 0 fully saturated rings. The van der Waals surface area contributed by atoms with Gasteiger partial charge in [-0.25, -0.2) is 4.79 Å². The summed E-state index contributed by atoms with van der Waals surface area (Å²) in [7, 11) is 0. The summed E-state index contributed by atoms with van der Waals surface area (Å²) in [4.78, 5) is 23.5. The molecule has 0 bridgehead atoms. The van der Waals surface area contributed by atoms with Gasteiger partial charge in [0.15, 0.2) is 0 Å². The van der Waals surface area contributed by atoms with Crippen molar-refractivity contribution in [1.29, 1.82) is 0 Å². The number of hydrogen-bond acceptors (Lipinski definition) is 2. The number of nitrogens with zero attached hydrogens (tertiary/aromatic N) is 1. The molecule has 0 saturated carbocycles. The highest BCUT2D eigenvalue weighted by molar-refractivity contribution is 5.97. The molecule has 1 aromatic rings. The van der Waals surface area contributed by atoms with Gasteiger partial charge in [0.25, 0.3) is 5.91 Å². The van der Waals surface area contributed by atoms with Crippen LogP contribution in [0.25, 0.3) is 0 Å². The number of nitrogens with one attached hydrogen (secondary N) is 1. The Morgan fingerprint density at radius 3 is 2.35 bits per heavy atom. The summed E-state index contributed by atoms with van der Waals surface area (Å²) in [5, 5.41) is 11.8. The van der Waals surface area contributed by atoms with Gasteiger partial charge in [0.2, 0.25) is 0 Å². The van der Waals surface area contributed by atoms with E-state index in [4.69, 9.17) is 0 Å². The molecule has 0 unspecified atom stereocenters. The lowest BCUT2D eigenvalue weighted by Crippen LogP contribution is -2.41. The van der Waals surface area contributed by atoms with Crippen LogP contribution in [-0.2, 0) is 11.3 Å². The molecular weight excluding hydrogens is 256 g/mol. The van der Waals surface area contributed by atoms with Crippen molar-refractivity contribution >= 4 is 11.9 Å². The topological polar surface area (TPSA) is 71.3 Å². The van der Waals surface area contributed by atoms with Crippen molar-refractivity contribution in [2.45, 2.75) is 53.6 Å². The second kappa shape index (κ2) is 6.59. The minimum absolute atomic E-state index is 0.208. The first-order chi connectivity index (χ1) is 9.27. The summed E-state index contributed by atoms with van der Waals surface area (Å²) in [5.41, 5.74) is 2.43. The van der Waals surface area contributed by atoms with E-state index in [2.05, 4.69) is 5.32 Å². The molecule has 5 nitrogen and oxygen atoms in total. The molecule has 1 rings (SSSR count). The molecule has 1 heterocycles. The standard InChI is InChI=1S/C15H24N2O3/c1-6-17-10(4)8-12(11(17)5)14(18)16-13(15(19)20)7-9(2)3/h8-9,13H,6-7H2,1-5H3,(H,16,18)(H,19,20)/t13-/m1/s1. The number of rotatable bonds is 6. The second-order valence-electron chi connectivity index (χ2n) is 5.52. The van der Waals surface area contributed by atoms with Crippen LogP contribution in [0.2, 0.25) is 0 Å². The van der Waals surface area contributed by atoms with Crippen LogP contribution < -0.4 is 5.32 Å². The molecule has 1 amide bonds. The third-order valence-corrected chi connectivity index (χ3v) is 3.45. The molecule has 5 heteroatoms. The van der Waals surface area contributed by atoms with Gasteiger partial charge in [-0.1, -0.05) is 13.8 Å². The van der Waals surface area contributed by atoms with Gasteiger partial charge in [-0.3, -0.25) is 4.79 Å². The Morgan fingerprint density at radius 1 is 1.35 bits per heavy atom. The maximum Gasteiger partial charge on any atom is 0.326 e. The number of carboxylic acids is 1. The summed E-state index contributed by atoms with van der Waals surface area (Å²) in [6, 6.07) is 0.967. The Morgan fingerprint density at radius 2 is 1.95 bits per heavy atom. The van der Waals surface area contributed by atoms with E-state index in [1.54, 1.807) is 0 Å². The predicted octanol–water partition coefficient (Wildman–Crippen LogP) is 2.35. The zero-order valence-electron chi connectivity index (χ0n) is 12.9. The first-order valence-corrected chi connectivity index (χ1v) is 6.98. The number of carbonyl (C=O) groups excluding carboxylic acids is 1. The van der Waals surface area contributed by atoms with Crippen molar-refractivity contribution in [1.82, 2.24) is 9.88 Å². The van der Waals surface area contributed by atoms with Gasteiger partial charge < -0.3 is 15.0 Å². The fourth-order valence-electron chi connectivity index (χ4n) is 2.45. The smallest absolute Gasteiger partial charge is 0.326 e. The number of amides is 1. The summed E-state index contributed by atoms with van der Waals surface area (Å²) in [5.74, 6) is -1.10. The molecular formula is C15H24N2O3. The summed E-state index contributed by atoms with van der Waals surface area (Å²) in [6.07, 6.45) is 0.424. The van der Waals surface area contributed by atoms with Crippen LogP contribution in [0.3, 0.4) is 0 Å². The molecule has 0 aliphatic rings. The molecule has 20 heavy (non-hydrogen) atoms. The molecule has 112 valence electrons. The first-order valence-electron chi connectivity index (χ1n) is 6.98. The minimum atomic E-state index is -0.989. The van der Waals surface area contributed by atoms with E-state index in [9.17, 15) is 14.7 Å². The van der Waals surface area contributed by atoms with Crippen LogP contribution in [0.1, 0.15) is 48.9 Å². The van der Waals surface area contributed by atoms with Crippen LogP contribution >= 0.6 is 0 Å². The van der Waals surface area contributed by atoms with Crippen molar-refractivity contribution in [3.63, 3.8) is 0 Å². The maximum atomic E-state index is 12.3. The van der Waals surface area contributed by atoms with Crippen LogP contribution in [0.15, 0.2) is 6.07 Å². The van der Waals surface area contributed by atoms with Gasteiger partial charge in [-0.15, -0.1) is 0 Å². The zero-order valence-corrected chi connectivity index (χ0v) is 12.9. The third-order valence-electron chi connectivity index (χ3n) is 3.45. The van der Waals surface area contributed by atoms with Crippen molar-refractivity contribution < 1.29 is 14.7 Å². The highest BCUT2D eigenvalue weighted by Gasteiger charge is 2.23. The Labute approximate surface area is 120 Å². The first kappa shape index (κ1) is 16.3. The van der Waals surface area contributed by atoms with Crippen molar-refractivity contribution in [2.24, 2.45) is 5.92 Å². The summed E-state index contributed by atoms with van der Waals surface area (Å²) < 4.78 is 2.03. The van der Waals surface area contributed by atoms with Gasteiger partial charge in [-0.2, -0.15) is 0 Å². The quantitative estimate of drug-likeness (QED) is 0.840. The van der Waals surface area contributed by atoms with Crippen molar-refractivity contribution in [2.75, 3.05) is 0 Å². The lowest BCUT2D eigenvalue weighted by Gasteiger charge is -2.16. The van der Waals surface area contributed by atoms with E-state index < -0.39 is 12.0 Å². The number of hydrogen-bond donors (Lipinski definition) is 2. The molecule has 0 saturated heterocycles. The number of carbonyl (C=O) groups is 2. The van der Waals surface area contributed by atoms with E-state index >= 15 is 0 Å². The van der Waals surface area contributed by atoms with Crippen LogP contribution in [-0.4, -0.2) is 27.6 Å². The van der Waals surface area contributed by atoms with Gasteiger partial charge in [0.05, 0.1) is 5.56 Å². The van der Waals surface area contributed by atoms with Crippen molar-refractivity contribution in [3.8, 4) is 0 Å². The Hall–Kier alpha value is -1.78. The van der Waals surface area contributed by atoms with E-state index in [0.29, 0.717) is 12.0 Å². The summed E-state index contributed by atoms with van der Waals surface area (Å²) >= 11 is 0. The van der Waals surface area contributed by atoms with Gasteiger partial charge in [0.1, 0.15) is 6.04 Å². The number of aryl methyl sites for hydroxylation is 1. The Balaban J connectivity index is 2.92. The number of carboxylic acid groups (broad SMARTS) is 1. The van der Waals surface area contributed by atoms with Gasteiger partial charge >= 0.3 is 5.97 Å². The van der Waals surface area contributed by atoms with E-state index in [1.165, 1.54) is 0 Å².